The molecular weight excluding hydrogens is 760 g/mol. The number of hydrogen-bond acceptors (Lipinski definition) is 9. The van der Waals surface area contributed by atoms with Gasteiger partial charge in [-0.25, -0.2) is 23.8 Å². The topological polar surface area (TPSA) is 120 Å². The Morgan fingerprint density at radius 2 is 1.84 bits per heavy atom. The van der Waals surface area contributed by atoms with Gasteiger partial charge in [0.2, 0.25) is 0 Å². The van der Waals surface area contributed by atoms with Crippen LogP contribution in [0.3, 0.4) is 0 Å². The number of methoxy groups -OCH3 is 1. The number of likely N-dealkylation sites (tertiary alicyclic amines) is 1. The van der Waals surface area contributed by atoms with Gasteiger partial charge >= 0.3 is 12.4 Å². The Balaban J connectivity index is 1.43. The molecule has 0 radical (unpaired) electrons. The first-order valence-electron chi connectivity index (χ1n) is 17.5. The number of nitrogens with zero attached hydrogens (tertiary/aromatic N) is 5. The Kier molecular flexibility index (Phi) is 12.9. The molecule has 1 unspecified atom stereocenters. The lowest BCUT2D eigenvalue weighted by Crippen LogP contribution is -2.66. The maximum atomic E-state index is 14.5. The van der Waals surface area contributed by atoms with E-state index in [0.29, 0.717) is 44.1 Å². The lowest BCUT2D eigenvalue weighted by Gasteiger charge is -2.54. The Labute approximate surface area is 316 Å². The summed E-state index contributed by atoms with van der Waals surface area (Å²) < 4.78 is 121. The van der Waals surface area contributed by atoms with Gasteiger partial charge in [0, 0.05) is 32.3 Å². The van der Waals surface area contributed by atoms with Gasteiger partial charge in [-0.1, -0.05) is 12.7 Å². The molecule has 2 aromatic rings. The minimum Gasteiger partial charge on any atom is -0.509 e. The normalized spacial score (nSPS) is 19.8. The molecule has 56 heavy (non-hydrogen) atoms. The van der Waals surface area contributed by atoms with Crippen LogP contribution in [0, 0.1) is 0 Å². The molecule has 11 nitrogen and oxygen atoms in total. The molecular formula is C37H40F8N6O5. The first-order chi connectivity index (χ1) is 26.4. The van der Waals surface area contributed by atoms with E-state index in [4.69, 9.17) is 9.47 Å². The SMILES string of the molecule is C=C(F)/C(=C\C=C(/CF)CN1C(=O)C(C(=O)Nc2ccc(C(F)(F)F)cc2-c2cc(C(F)(F)F)ncn2)=C(O)C2(CCC2)N1C)OCC1CCCN1CCOC. The Bertz CT molecular complexity index is 1910. The Morgan fingerprint density at radius 3 is 2.45 bits per heavy atom. The van der Waals surface area contributed by atoms with Gasteiger partial charge in [-0.15, -0.1) is 0 Å². The number of hydrazine groups is 1. The third kappa shape index (κ3) is 9.05. The molecule has 1 aliphatic carbocycles. The van der Waals surface area contributed by atoms with Gasteiger partial charge in [0.15, 0.2) is 11.6 Å². The van der Waals surface area contributed by atoms with Gasteiger partial charge < -0.3 is 19.9 Å². The van der Waals surface area contributed by atoms with Crippen molar-refractivity contribution in [1.82, 2.24) is 24.9 Å². The number of benzene rings is 1. The molecule has 3 heterocycles. The summed E-state index contributed by atoms with van der Waals surface area (Å²) in [4.78, 5) is 36.8. The number of carbonyl (C=O) groups excluding carboxylic acids is 2. The molecule has 3 aliphatic rings. The maximum Gasteiger partial charge on any atom is 0.433 e. The number of alkyl halides is 7. The van der Waals surface area contributed by atoms with Gasteiger partial charge in [0.25, 0.3) is 11.8 Å². The predicted molar refractivity (Wildman–Crippen MR) is 187 cm³/mol. The zero-order chi connectivity index (χ0) is 41.0. The number of anilines is 1. The fraction of sp³-hybridized carbons (Fsp3) is 0.459. The molecule has 19 heteroatoms. The van der Waals surface area contributed by atoms with Crippen molar-refractivity contribution >= 4 is 17.5 Å². The van der Waals surface area contributed by atoms with Crippen LogP contribution >= 0.6 is 0 Å². The van der Waals surface area contributed by atoms with Gasteiger partial charge in [-0.05, 0) is 74.6 Å². The number of rotatable bonds is 14. The van der Waals surface area contributed by atoms with Crippen LogP contribution < -0.4 is 5.32 Å². The van der Waals surface area contributed by atoms with Crippen molar-refractivity contribution < 1.29 is 59.3 Å². The average molecular weight is 801 g/mol. The molecule has 1 aromatic carbocycles. The molecule has 5 rings (SSSR count). The molecule has 2 fully saturated rings. The number of hydrogen-bond donors (Lipinski definition) is 2. The van der Waals surface area contributed by atoms with E-state index < -0.39 is 88.3 Å². The first-order valence-corrected chi connectivity index (χ1v) is 17.5. The standard InChI is InChI=1S/C37H40F8N6O5/c1-22(39)29(56-20-25-6-4-13-50(25)14-15-55-3)10-7-23(18-38)19-51-34(54)31(32(52)35(49(51)2)11-5-12-35)33(53)48-27-9-8-24(36(40,41)42)16-26(27)28-17-30(37(43,44)45)47-21-46-28/h7-10,16-17,21,25,52H,1,4-6,11-15,18-20H2,2-3H3,(H,48,53)/b23-7+,29-10+. The summed E-state index contributed by atoms with van der Waals surface area (Å²) in [7, 11) is 3.03. The van der Waals surface area contributed by atoms with E-state index >= 15 is 0 Å². The van der Waals surface area contributed by atoms with Crippen LogP contribution in [0.15, 0.2) is 77.8 Å². The van der Waals surface area contributed by atoms with E-state index in [1.165, 1.54) is 24.2 Å². The predicted octanol–water partition coefficient (Wildman–Crippen LogP) is 6.93. The van der Waals surface area contributed by atoms with E-state index in [1.54, 1.807) is 7.11 Å². The molecule has 1 atom stereocenters. The van der Waals surface area contributed by atoms with Gasteiger partial charge in [0.1, 0.15) is 36.6 Å². The third-order valence-electron chi connectivity index (χ3n) is 10.1. The molecule has 2 aliphatic heterocycles. The van der Waals surface area contributed by atoms with Crippen molar-refractivity contribution in [2.24, 2.45) is 0 Å². The number of aromatic nitrogens is 2. The summed E-state index contributed by atoms with van der Waals surface area (Å²) in [6, 6.07) is 2.20. The van der Waals surface area contributed by atoms with Crippen LogP contribution in [0.2, 0.25) is 0 Å². The molecule has 1 aromatic heterocycles. The molecule has 0 bridgehead atoms. The monoisotopic (exact) mass is 800 g/mol. The van der Waals surface area contributed by atoms with E-state index in [-0.39, 0.29) is 36.8 Å². The van der Waals surface area contributed by atoms with Crippen LogP contribution in [0.1, 0.15) is 43.4 Å². The number of ether oxygens (including phenoxy) is 2. The number of halogens is 8. The van der Waals surface area contributed by atoms with Gasteiger partial charge in [-0.3, -0.25) is 19.5 Å². The summed E-state index contributed by atoms with van der Waals surface area (Å²) >= 11 is 0. The minimum absolute atomic E-state index is 0.0168. The van der Waals surface area contributed by atoms with Crippen molar-refractivity contribution in [3.63, 3.8) is 0 Å². The van der Waals surface area contributed by atoms with E-state index in [2.05, 4.69) is 26.8 Å². The largest absolute Gasteiger partial charge is 0.509 e. The van der Waals surface area contributed by atoms with Crippen molar-refractivity contribution in [3.05, 3.63) is 89.1 Å². The quantitative estimate of drug-likeness (QED) is 0.0908. The fourth-order valence-corrected chi connectivity index (χ4v) is 6.84. The van der Waals surface area contributed by atoms with Crippen LogP contribution in [0.25, 0.3) is 11.3 Å². The van der Waals surface area contributed by atoms with Gasteiger partial charge in [-0.2, -0.15) is 26.3 Å². The molecule has 2 amide bonds. The van der Waals surface area contributed by atoms with Crippen LogP contribution in [-0.4, -0.2) is 107 Å². The molecule has 1 saturated heterocycles. The third-order valence-corrected chi connectivity index (χ3v) is 10.1. The zero-order valence-corrected chi connectivity index (χ0v) is 30.4. The summed E-state index contributed by atoms with van der Waals surface area (Å²) in [5.41, 5.74) is -6.62. The second-order valence-corrected chi connectivity index (χ2v) is 13.5. The summed E-state index contributed by atoms with van der Waals surface area (Å²) in [6.07, 6.45) is -4.28. The van der Waals surface area contributed by atoms with Crippen LogP contribution in [0.4, 0.5) is 40.8 Å². The van der Waals surface area contributed by atoms with Crippen LogP contribution in [0.5, 0.6) is 0 Å². The molecule has 1 saturated carbocycles. The highest BCUT2D eigenvalue weighted by Crippen LogP contribution is 2.47. The number of nitrogens with one attached hydrogen (secondary N) is 1. The lowest BCUT2D eigenvalue weighted by atomic mass is 9.72. The molecule has 2 N–H and O–H groups in total. The number of aliphatic hydroxyl groups is 1. The number of amides is 2. The molecule has 1 spiro atoms. The first kappa shape index (κ1) is 42.3. The van der Waals surface area contributed by atoms with E-state index in [9.17, 15) is 49.8 Å². The number of allylic oxidation sites excluding steroid dienone is 3. The smallest absolute Gasteiger partial charge is 0.433 e. The highest BCUT2D eigenvalue weighted by molar-refractivity contribution is 6.24. The van der Waals surface area contributed by atoms with E-state index in [0.717, 1.165) is 30.5 Å². The van der Waals surface area contributed by atoms with E-state index in [1.807, 2.05) is 0 Å². The number of likely N-dealkylation sites (N-methyl/N-ethyl adjacent to an activating group) is 1. The summed E-state index contributed by atoms with van der Waals surface area (Å²) in [6.45, 7) is 3.78. The summed E-state index contributed by atoms with van der Waals surface area (Å²) in [5, 5.41) is 16.0. The van der Waals surface area contributed by atoms with Crippen molar-refractivity contribution in [2.45, 2.75) is 56.0 Å². The Morgan fingerprint density at radius 1 is 1.11 bits per heavy atom. The maximum absolute atomic E-state index is 14.5. The van der Waals surface area contributed by atoms with Crippen molar-refractivity contribution in [1.29, 1.82) is 0 Å². The lowest BCUT2D eigenvalue weighted by molar-refractivity contribution is -0.168. The second-order valence-electron chi connectivity index (χ2n) is 13.5. The molecule has 304 valence electrons. The summed E-state index contributed by atoms with van der Waals surface area (Å²) in [5.74, 6) is -4.27. The van der Waals surface area contributed by atoms with Crippen LogP contribution in [-0.2, 0) is 31.4 Å². The Hall–Kier alpha value is -4.88. The second kappa shape index (κ2) is 17.1. The van der Waals surface area contributed by atoms with Crippen molar-refractivity contribution in [3.8, 4) is 11.3 Å². The number of carbonyl (C=O) groups is 2. The minimum atomic E-state index is -4.99. The zero-order valence-electron chi connectivity index (χ0n) is 30.4. The average Bonchev–Trinajstić information content (AvgIpc) is 3.57. The fourth-order valence-electron chi connectivity index (χ4n) is 6.84. The van der Waals surface area contributed by atoms with Gasteiger partial charge in [0.05, 0.1) is 35.6 Å². The van der Waals surface area contributed by atoms with Crippen molar-refractivity contribution in [2.75, 3.05) is 59.0 Å². The highest BCUT2D eigenvalue weighted by atomic mass is 19.4. The highest BCUT2D eigenvalue weighted by Gasteiger charge is 2.55. The number of aliphatic hydroxyl groups excluding tert-OH is 1.